The van der Waals surface area contributed by atoms with Crippen LogP contribution in [0.25, 0.3) is 0 Å². The highest BCUT2D eigenvalue weighted by molar-refractivity contribution is 5.97. The molecule has 1 heterocycles. The van der Waals surface area contributed by atoms with Gasteiger partial charge in [0, 0.05) is 17.7 Å². The smallest absolute Gasteiger partial charge is 0.176 e. The van der Waals surface area contributed by atoms with Crippen molar-refractivity contribution in [2.45, 2.75) is 33.2 Å². The van der Waals surface area contributed by atoms with Crippen LogP contribution in [0.1, 0.15) is 40.6 Å². The first-order valence-corrected chi connectivity index (χ1v) is 7.43. The fraction of sp³-hybridized carbons (Fsp3) is 0.389. The Morgan fingerprint density at radius 1 is 1.19 bits per heavy atom. The number of nitrogens with zero attached hydrogens (tertiary/aromatic N) is 1. The number of carbonyl (C=O) groups excluding carboxylic acids is 1. The summed E-state index contributed by atoms with van der Waals surface area (Å²) in [5, 5.41) is 0. The minimum atomic E-state index is 0.154. The molecule has 0 N–H and O–H groups in total. The van der Waals surface area contributed by atoms with Crippen molar-refractivity contribution < 1.29 is 9.21 Å². The highest BCUT2D eigenvalue weighted by Crippen LogP contribution is 2.12. The van der Waals surface area contributed by atoms with Crippen LogP contribution < -0.4 is 0 Å². The summed E-state index contributed by atoms with van der Waals surface area (Å²) in [4.78, 5) is 14.3. The maximum absolute atomic E-state index is 12.3. The number of aryl methyl sites for hydroxylation is 2. The molecule has 0 aliphatic heterocycles. The second-order valence-corrected chi connectivity index (χ2v) is 5.54. The summed E-state index contributed by atoms with van der Waals surface area (Å²) in [7, 11) is 1.95. The molecule has 0 amide bonds. The second-order valence-electron chi connectivity index (χ2n) is 5.54. The van der Waals surface area contributed by atoms with Gasteiger partial charge in [0.05, 0.1) is 12.8 Å². The van der Waals surface area contributed by atoms with E-state index in [1.807, 2.05) is 37.1 Å². The summed E-state index contributed by atoms with van der Waals surface area (Å²) in [6.45, 7) is 5.24. The largest absolute Gasteiger partial charge is 0.469 e. The zero-order chi connectivity index (χ0) is 15.2. The molecule has 0 fully saturated rings. The Balaban J connectivity index is 1.92. The summed E-state index contributed by atoms with van der Waals surface area (Å²) >= 11 is 0. The molecule has 112 valence electrons. The molecule has 0 spiro atoms. The third kappa shape index (κ3) is 4.30. The normalized spacial score (nSPS) is 11.0. The van der Waals surface area contributed by atoms with Gasteiger partial charge in [-0.2, -0.15) is 0 Å². The van der Waals surface area contributed by atoms with Crippen molar-refractivity contribution in [2.24, 2.45) is 0 Å². The van der Waals surface area contributed by atoms with Crippen molar-refractivity contribution in [3.8, 4) is 0 Å². The minimum absolute atomic E-state index is 0.154. The van der Waals surface area contributed by atoms with E-state index in [1.165, 1.54) is 5.56 Å². The summed E-state index contributed by atoms with van der Waals surface area (Å²) in [6, 6.07) is 9.93. The highest BCUT2D eigenvalue weighted by atomic mass is 16.3. The average molecular weight is 285 g/mol. The lowest BCUT2D eigenvalue weighted by molar-refractivity contribution is 0.0942. The number of ketones is 1. The second kappa shape index (κ2) is 7.23. The Hall–Kier alpha value is -1.87. The van der Waals surface area contributed by atoms with Crippen molar-refractivity contribution >= 4 is 5.78 Å². The Morgan fingerprint density at radius 3 is 2.48 bits per heavy atom. The molecule has 0 aliphatic carbocycles. The third-order valence-corrected chi connectivity index (χ3v) is 3.63. The lowest BCUT2D eigenvalue weighted by atomic mass is 10.1. The monoisotopic (exact) mass is 285 g/mol. The van der Waals surface area contributed by atoms with Crippen LogP contribution in [0.4, 0.5) is 0 Å². The number of Topliss-reactive ketones (excluding diaryl/α,β-unsaturated/α-hetero) is 1. The van der Waals surface area contributed by atoms with Crippen LogP contribution in [-0.4, -0.2) is 24.3 Å². The number of hydrogen-bond donors (Lipinski definition) is 0. The van der Waals surface area contributed by atoms with E-state index >= 15 is 0 Å². The van der Waals surface area contributed by atoms with Gasteiger partial charge in [-0.05, 0) is 32.0 Å². The summed E-state index contributed by atoms with van der Waals surface area (Å²) < 4.78 is 5.28. The lowest BCUT2D eigenvalue weighted by Gasteiger charge is -2.15. The molecule has 3 heteroatoms. The number of carbonyl (C=O) groups is 1. The van der Waals surface area contributed by atoms with E-state index in [0.717, 1.165) is 36.3 Å². The summed E-state index contributed by atoms with van der Waals surface area (Å²) in [5.41, 5.74) is 3.20. The molecule has 0 radical (unpaired) electrons. The van der Waals surface area contributed by atoms with Crippen LogP contribution in [0, 0.1) is 6.92 Å². The van der Waals surface area contributed by atoms with Crippen LogP contribution in [-0.2, 0) is 13.0 Å². The van der Waals surface area contributed by atoms with Crippen LogP contribution in [0.3, 0.4) is 0 Å². The Bertz CT molecular complexity index is 584. The number of likely N-dealkylation sites (N-methyl/N-ethyl adjacent to an activating group) is 1. The third-order valence-electron chi connectivity index (χ3n) is 3.63. The maximum atomic E-state index is 12.3. The van der Waals surface area contributed by atoms with E-state index in [-0.39, 0.29) is 5.78 Å². The number of benzene rings is 1. The van der Waals surface area contributed by atoms with Crippen molar-refractivity contribution in [3.63, 3.8) is 0 Å². The van der Waals surface area contributed by atoms with Crippen molar-refractivity contribution in [3.05, 3.63) is 59.0 Å². The number of furan rings is 1. The van der Waals surface area contributed by atoms with Crippen LogP contribution in [0.5, 0.6) is 0 Å². The SMILES string of the molecule is CCCc1ccc(C(=O)CN(C)Cc2ccoc2C)cc1. The first kappa shape index (κ1) is 15.5. The molecular weight excluding hydrogens is 262 g/mol. The van der Waals surface area contributed by atoms with Gasteiger partial charge >= 0.3 is 0 Å². The van der Waals surface area contributed by atoms with E-state index < -0.39 is 0 Å². The van der Waals surface area contributed by atoms with E-state index in [0.29, 0.717) is 6.54 Å². The summed E-state index contributed by atoms with van der Waals surface area (Å²) in [6.07, 6.45) is 3.88. The fourth-order valence-electron chi connectivity index (χ4n) is 2.40. The Labute approximate surface area is 126 Å². The molecule has 1 aromatic heterocycles. The van der Waals surface area contributed by atoms with Gasteiger partial charge in [0.15, 0.2) is 5.78 Å². The van der Waals surface area contributed by atoms with E-state index in [2.05, 4.69) is 19.1 Å². The minimum Gasteiger partial charge on any atom is -0.469 e. The molecule has 0 atom stereocenters. The molecule has 1 aromatic carbocycles. The zero-order valence-corrected chi connectivity index (χ0v) is 13.1. The average Bonchev–Trinajstić information content (AvgIpc) is 2.85. The molecule has 3 nitrogen and oxygen atoms in total. The Kier molecular flexibility index (Phi) is 5.34. The van der Waals surface area contributed by atoms with Crippen molar-refractivity contribution in [2.75, 3.05) is 13.6 Å². The van der Waals surface area contributed by atoms with E-state index in [4.69, 9.17) is 4.42 Å². The first-order chi connectivity index (χ1) is 10.1. The van der Waals surface area contributed by atoms with Gasteiger partial charge in [-0.1, -0.05) is 37.6 Å². The molecule has 0 unspecified atom stereocenters. The van der Waals surface area contributed by atoms with Crippen LogP contribution in [0.15, 0.2) is 41.0 Å². The van der Waals surface area contributed by atoms with Crippen LogP contribution in [0.2, 0.25) is 0 Å². The van der Waals surface area contributed by atoms with Gasteiger partial charge < -0.3 is 4.42 Å². The zero-order valence-electron chi connectivity index (χ0n) is 13.1. The molecule has 0 bridgehead atoms. The van der Waals surface area contributed by atoms with Crippen LogP contribution >= 0.6 is 0 Å². The molecule has 2 rings (SSSR count). The van der Waals surface area contributed by atoms with Gasteiger partial charge in [-0.15, -0.1) is 0 Å². The summed E-state index contributed by atoms with van der Waals surface area (Å²) in [5.74, 6) is 1.07. The maximum Gasteiger partial charge on any atom is 0.176 e. The van der Waals surface area contributed by atoms with Crippen molar-refractivity contribution in [1.82, 2.24) is 4.90 Å². The van der Waals surface area contributed by atoms with Gasteiger partial charge in [-0.25, -0.2) is 0 Å². The fourth-order valence-corrected chi connectivity index (χ4v) is 2.40. The van der Waals surface area contributed by atoms with Gasteiger partial charge in [-0.3, -0.25) is 9.69 Å². The van der Waals surface area contributed by atoms with E-state index in [1.54, 1.807) is 6.26 Å². The topological polar surface area (TPSA) is 33.5 Å². The van der Waals surface area contributed by atoms with Gasteiger partial charge in [0.2, 0.25) is 0 Å². The molecule has 0 saturated carbocycles. The quantitative estimate of drug-likeness (QED) is 0.724. The van der Waals surface area contributed by atoms with E-state index in [9.17, 15) is 4.79 Å². The highest BCUT2D eigenvalue weighted by Gasteiger charge is 2.11. The standard InChI is InChI=1S/C18H23NO2/c1-4-5-15-6-8-16(9-7-15)18(20)13-19(3)12-17-10-11-21-14(17)2/h6-11H,4-5,12-13H2,1-3H3. The Morgan fingerprint density at radius 2 is 1.90 bits per heavy atom. The first-order valence-electron chi connectivity index (χ1n) is 7.43. The molecule has 0 aliphatic rings. The number of hydrogen-bond acceptors (Lipinski definition) is 3. The lowest BCUT2D eigenvalue weighted by Crippen LogP contribution is -2.25. The molecular formula is C18H23NO2. The van der Waals surface area contributed by atoms with Gasteiger partial charge in [0.25, 0.3) is 0 Å². The van der Waals surface area contributed by atoms with Crippen molar-refractivity contribution in [1.29, 1.82) is 0 Å². The molecule has 0 saturated heterocycles. The predicted octanol–water partition coefficient (Wildman–Crippen LogP) is 3.86. The molecule has 21 heavy (non-hydrogen) atoms. The van der Waals surface area contributed by atoms with Gasteiger partial charge in [0.1, 0.15) is 5.76 Å². The number of rotatable bonds is 7. The molecule has 2 aromatic rings. The predicted molar refractivity (Wildman–Crippen MR) is 84.5 cm³/mol.